The zero-order chi connectivity index (χ0) is 25.0. The summed E-state index contributed by atoms with van der Waals surface area (Å²) in [6.07, 6.45) is -10.8. The fourth-order valence-electron chi connectivity index (χ4n) is 2.85. The first-order valence-corrected chi connectivity index (χ1v) is 9.37. The second-order valence-electron chi connectivity index (χ2n) is 6.78. The molecule has 0 aliphatic heterocycles. The molecule has 0 bridgehead atoms. The van der Waals surface area contributed by atoms with Crippen molar-refractivity contribution in [2.75, 3.05) is 0 Å². The van der Waals surface area contributed by atoms with Gasteiger partial charge in [0.1, 0.15) is 5.69 Å². The smallest absolute Gasteiger partial charge is 0.411 e. The summed E-state index contributed by atoms with van der Waals surface area (Å²) in [6, 6.07) is 1.73. The van der Waals surface area contributed by atoms with Crippen LogP contribution in [0.1, 0.15) is 46.7 Å². The van der Waals surface area contributed by atoms with E-state index in [1.165, 1.54) is 6.08 Å². The fourth-order valence-corrected chi connectivity index (χ4v) is 3.10. The molecule has 1 unspecified atom stereocenters. The van der Waals surface area contributed by atoms with Gasteiger partial charge in [0.05, 0.1) is 22.4 Å². The highest BCUT2D eigenvalue weighted by Crippen LogP contribution is 2.37. The molecule has 13 heteroatoms. The molecule has 3 nitrogen and oxygen atoms in total. The summed E-state index contributed by atoms with van der Waals surface area (Å²) in [5, 5.41) is 11.5. The van der Waals surface area contributed by atoms with Crippen molar-refractivity contribution in [2.45, 2.75) is 37.3 Å². The van der Waals surface area contributed by atoms with Crippen molar-refractivity contribution in [2.24, 2.45) is 5.16 Å². The molecular weight excluding hydrogens is 491 g/mol. The van der Waals surface area contributed by atoms with Crippen molar-refractivity contribution in [1.82, 2.24) is 4.98 Å². The number of oxime groups is 1. The number of pyridine rings is 1. The molecule has 0 radical (unpaired) electrons. The predicted octanol–water partition coefficient (Wildman–Crippen LogP) is 7.83. The van der Waals surface area contributed by atoms with E-state index in [1.54, 1.807) is 0 Å². The monoisotopic (exact) mass is 504 g/mol. The Kier molecular flexibility index (Phi) is 8.04. The van der Waals surface area contributed by atoms with Crippen LogP contribution in [0.3, 0.4) is 0 Å². The molecule has 1 heterocycles. The third-order valence-electron chi connectivity index (χ3n) is 4.39. The van der Waals surface area contributed by atoms with E-state index in [-0.39, 0.29) is 35.1 Å². The summed E-state index contributed by atoms with van der Waals surface area (Å²) in [5.74, 6) is -0.941. The first kappa shape index (κ1) is 26.5. The van der Waals surface area contributed by atoms with E-state index in [0.29, 0.717) is 18.2 Å². The lowest BCUT2D eigenvalue weighted by Crippen LogP contribution is -2.11. The van der Waals surface area contributed by atoms with Crippen molar-refractivity contribution in [3.8, 4) is 0 Å². The van der Waals surface area contributed by atoms with Crippen molar-refractivity contribution < 1.29 is 44.7 Å². The molecule has 33 heavy (non-hydrogen) atoms. The first-order chi connectivity index (χ1) is 15.1. The van der Waals surface area contributed by atoms with Crippen molar-refractivity contribution >= 4 is 23.9 Å². The Morgan fingerprint density at radius 2 is 1.48 bits per heavy atom. The Bertz CT molecular complexity index is 995. The van der Waals surface area contributed by atoms with Gasteiger partial charge < -0.3 is 5.21 Å². The van der Waals surface area contributed by atoms with E-state index in [1.807, 2.05) is 0 Å². The SMILES string of the molecule is O/N=C/C(CC/C=C\c1cc(C(F)(F)F)cc(C(F)(F)F)c1)c1cc(C(F)(F)F)ncc1Cl. The number of alkyl halides is 9. The maximum absolute atomic E-state index is 12.9. The Morgan fingerprint density at radius 1 is 0.909 bits per heavy atom. The molecule has 0 saturated heterocycles. The molecule has 0 fully saturated rings. The van der Waals surface area contributed by atoms with Gasteiger partial charge in [-0.15, -0.1) is 5.16 Å². The lowest BCUT2D eigenvalue weighted by atomic mass is 9.95. The van der Waals surface area contributed by atoms with Crippen molar-refractivity contribution in [1.29, 1.82) is 0 Å². The Labute approximate surface area is 186 Å². The van der Waals surface area contributed by atoms with Gasteiger partial charge in [0, 0.05) is 12.1 Å². The Hall–Kier alpha value is -2.76. The average Bonchev–Trinajstić information content (AvgIpc) is 2.68. The molecule has 2 rings (SSSR count). The van der Waals surface area contributed by atoms with Crippen LogP contribution in [0.25, 0.3) is 6.08 Å². The van der Waals surface area contributed by atoms with Gasteiger partial charge in [0.25, 0.3) is 0 Å². The van der Waals surface area contributed by atoms with Gasteiger partial charge in [-0.05, 0) is 48.2 Å². The number of hydrogen-bond donors (Lipinski definition) is 1. The lowest BCUT2D eigenvalue weighted by molar-refractivity contribution is -0.143. The molecule has 0 spiro atoms. The number of allylic oxidation sites excluding steroid dienone is 1. The summed E-state index contributed by atoms with van der Waals surface area (Å²) >= 11 is 5.90. The Balaban J connectivity index is 2.26. The quantitative estimate of drug-likeness (QED) is 0.189. The number of nitrogens with zero attached hydrogens (tertiary/aromatic N) is 2. The first-order valence-electron chi connectivity index (χ1n) is 8.99. The number of benzene rings is 1. The average molecular weight is 505 g/mol. The van der Waals surface area contributed by atoms with Gasteiger partial charge >= 0.3 is 18.5 Å². The summed E-state index contributed by atoms with van der Waals surface area (Å²) < 4.78 is 116. The molecule has 0 aliphatic carbocycles. The third-order valence-corrected chi connectivity index (χ3v) is 4.70. The maximum atomic E-state index is 12.9. The van der Waals surface area contributed by atoms with E-state index in [9.17, 15) is 39.5 Å². The summed E-state index contributed by atoms with van der Waals surface area (Å²) in [5.41, 5.74) is -4.64. The van der Waals surface area contributed by atoms with E-state index in [0.717, 1.165) is 18.5 Å². The van der Waals surface area contributed by atoms with Crippen LogP contribution in [0, 0.1) is 0 Å². The van der Waals surface area contributed by atoms with Gasteiger partial charge in [-0.3, -0.25) is 4.98 Å². The molecule has 0 aliphatic rings. The van der Waals surface area contributed by atoms with Crippen LogP contribution in [0.4, 0.5) is 39.5 Å². The maximum Gasteiger partial charge on any atom is 0.433 e. The minimum atomic E-state index is -5.00. The summed E-state index contributed by atoms with van der Waals surface area (Å²) in [6.45, 7) is 0. The Morgan fingerprint density at radius 3 is 1.97 bits per heavy atom. The van der Waals surface area contributed by atoms with Crippen LogP contribution in [0.15, 0.2) is 41.7 Å². The number of halogens is 10. The normalized spacial score (nSPS) is 14.4. The molecule has 180 valence electrons. The number of aromatic nitrogens is 1. The summed E-state index contributed by atoms with van der Waals surface area (Å²) in [7, 11) is 0. The summed E-state index contributed by atoms with van der Waals surface area (Å²) in [4.78, 5) is 3.18. The molecule has 0 saturated carbocycles. The zero-order valence-electron chi connectivity index (χ0n) is 16.2. The molecule has 1 atom stereocenters. The van der Waals surface area contributed by atoms with Gasteiger partial charge in [0.2, 0.25) is 0 Å². The molecule has 1 N–H and O–H groups in total. The van der Waals surface area contributed by atoms with Crippen LogP contribution in [-0.2, 0) is 18.5 Å². The molecule has 1 aromatic heterocycles. The van der Waals surface area contributed by atoms with E-state index in [2.05, 4.69) is 10.1 Å². The minimum absolute atomic E-state index is 0.00520. The van der Waals surface area contributed by atoms with Gasteiger partial charge in [-0.2, -0.15) is 39.5 Å². The van der Waals surface area contributed by atoms with Crippen LogP contribution in [0.2, 0.25) is 5.02 Å². The van der Waals surface area contributed by atoms with Crippen LogP contribution < -0.4 is 0 Å². The third kappa shape index (κ3) is 7.37. The second-order valence-corrected chi connectivity index (χ2v) is 7.19. The highest BCUT2D eigenvalue weighted by Gasteiger charge is 2.37. The zero-order valence-corrected chi connectivity index (χ0v) is 17.0. The van der Waals surface area contributed by atoms with Gasteiger partial charge in [0.15, 0.2) is 0 Å². The molecular formula is C20H14ClF9N2O. The highest BCUT2D eigenvalue weighted by atomic mass is 35.5. The topological polar surface area (TPSA) is 45.5 Å². The predicted molar refractivity (Wildman–Crippen MR) is 102 cm³/mol. The number of hydrogen-bond acceptors (Lipinski definition) is 3. The van der Waals surface area contributed by atoms with E-state index < -0.39 is 41.3 Å². The number of rotatable bonds is 6. The standard InChI is InChI=1S/C20H14ClF9N2O/c21-16-10-31-17(20(28,29)30)8-15(16)12(9-32-33)4-2-1-3-11-5-13(18(22,23)24)7-14(6-11)19(25,26)27/h1,3,5-10,12,33H,2,4H2/b3-1-,32-9+. The van der Waals surface area contributed by atoms with Crippen molar-refractivity contribution in [3.05, 3.63) is 69.5 Å². The highest BCUT2D eigenvalue weighted by molar-refractivity contribution is 6.31. The van der Waals surface area contributed by atoms with Gasteiger partial charge in [-0.25, -0.2) is 0 Å². The van der Waals surface area contributed by atoms with E-state index >= 15 is 0 Å². The minimum Gasteiger partial charge on any atom is -0.411 e. The van der Waals surface area contributed by atoms with Crippen LogP contribution in [-0.4, -0.2) is 16.4 Å². The van der Waals surface area contributed by atoms with Crippen LogP contribution in [0.5, 0.6) is 0 Å². The largest absolute Gasteiger partial charge is 0.433 e. The van der Waals surface area contributed by atoms with Crippen molar-refractivity contribution in [3.63, 3.8) is 0 Å². The van der Waals surface area contributed by atoms with Gasteiger partial charge in [-0.1, -0.05) is 23.8 Å². The van der Waals surface area contributed by atoms with Crippen LogP contribution >= 0.6 is 11.6 Å². The molecule has 2 aromatic rings. The van der Waals surface area contributed by atoms with E-state index in [4.69, 9.17) is 16.8 Å². The molecule has 0 amide bonds. The fraction of sp³-hybridized carbons (Fsp3) is 0.300. The molecule has 1 aromatic carbocycles. The second kappa shape index (κ2) is 10.0. The lowest BCUT2D eigenvalue weighted by Gasteiger charge is -2.15.